The number of amides is 2. The van der Waals surface area contributed by atoms with E-state index in [0.717, 1.165) is 19.2 Å². The molecule has 0 bridgehead atoms. The highest BCUT2D eigenvalue weighted by Crippen LogP contribution is 2.37. The fraction of sp³-hybridized carbons (Fsp3) is 0.650. The Hall–Kier alpha value is -2.04. The molecule has 3 rings (SSSR count). The Bertz CT molecular complexity index is 730. The molecule has 30 heavy (non-hydrogen) atoms. The van der Waals surface area contributed by atoms with Crippen LogP contribution in [0.3, 0.4) is 0 Å². The summed E-state index contributed by atoms with van der Waals surface area (Å²) < 4.78 is 51.5. The number of nitrogens with zero attached hydrogens (tertiary/aromatic N) is 2. The topological polar surface area (TPSA) is 66.1 Å². The number of alkyl halides is 3. The number of hydrogen-bond donors (Lipinski definition) is 2. The maximum Gasteiger partial charge on any atom is 0.418 e. The SMILES string of the molecule is CC(C)(CNC(=O)Nc1ccc(N2CCOCC2)cc1C(F)(F)F)N1CCOCC1. The molecule has 0 unspecified atom stereocenters. The number of benzene rings is 1. The van der Waals surface area contributed by atoms with Crippen molar-refractivity contribution in [3.8, 4) is 0 Å². The van der Waals surface area contributed by atoms with Crippen LogP contribution >= 0.6 is 0 Å². The normalized spacial score (nSPS) is 18.9. The highest BCUT2D eigenvalue weighted by molar-refractivity contribution is 5.90. The van der Waals surface area contributed by atoms with E-state index >= 15 is 0 Å². The summed E-state index contributed by atoms with van der Waals surface area (Å²) in [6, 6.07) is 3.31. The first-order chi connectivity index (χ1) is 14.2. The summed E-state index contributed by atoms with van der Waals surface area (Å²) >= 11 is 0. The van der Waals surface area contributed by atoms with E-state index < -0.39 is 17.8 Å². The molecule has 0 aliphatic carbocycles. The Morgan fingerprint density at radius 1 is 1.03 bits per heavy atom. The lowest BCUT2D eigenvalue weighted by Gasteiger charge is -2.40. The molecular weight excluding hydrogens is 401 g/mol. The molecule has 0 aromatic heterocycles. The van der Waals surface area contributed by atoms with Gasteiger partial charge >= 0.3 is 12.2 Å². The number of ether oxygens (including phenoxy) is 2. The number of halogens is 3. The van der Waals surface area contributed by atoms with Crippen molar-refractivity contribution in [3.05, 3.63) is 23.8 Å². The predicted octanol–water partition coefficient (Wildman–Crippen LogP) is 2.77. The second-order valence-corrected chi connectivity index (χ2v) is 8.05. The standard InChI is InChI=1S/C20H29F3N4O3/c1-19(2,27-7-11-30-12-8-27)14-24-18(28)25-17-4-3-15(13-16(17)20(21,22)23)26-5-9-29-10-6-26/h3-4,13H,5-12,14H2,1-2H3,(H2,24,25,28). The molecule has 168 valence electrons. The predicted molar refractivity (Wildman–Crippen MR) is 108 cm³/mol. The van der Waals surface area contributed by atoms with Crippen LogP contribution in [0.1, 0.15) is 19.4 Å². The number of anilines is 2. The lowest BCUT2D eigenvalue weighted by molar-refractivity contribution is -0.136. The van der Waals surface area contributed by atoms with Crippen molar-refractivity contribution >= 4 is 17.4 Å². The first-order valence-corrected chi connectivity index (χ1v) is 10.1. The summed E-state index contributed by atoms with van der Waals surface area (Å²) in [6.45, 7) is 9.02. The van der Waals surface area contributed by atoms with Crippen molar-refractivity contribution in [2.75, 3.05) is 69.4 Å². The van der Waals surface area contributed by atoms with Crippen LogP contribution in [0.15, 0.2) is 18.2 Å². The van der Waals surface area contributed by atoms with Crippen LogP contribution in [0.2, 0.25) is 0 Å². The summed E-state index contributed by atoms with van der Waals surface area (Å²) in [7, 11) is 0. The Morgan fingerprint density at radius 3 is 2.23 bits per heavy atom. The minimum Gasteiger partial charge on any atom is -0.379 e. The van der Waals surface area contributed by atoms with Crippen LogP contribution < -0.4 is 15.5 Å². The van der Waals surface area contributed by atoms with Gasteiger partial charge in [0.15, 0.2) is 0 Å². The summed E-state index contributed by atoms with van der Waals surface area (Å²) in [6.07, 6.45) is -4.59. The van der Waals surface area contributed by atoms with Gasteiger partial charge in [0.25, 0.3) is 0 Å². The summed E-state index contributed by atoms with van der Waals surface area (Å²) in [5.74, 6) is 0. The monoisotopic (exact) mass is 430 g/mol. The van der Waals surface area contributed by atoms with Crippen molar-refractivity contribution in [2.24, 2.45) is 0 Å². The van der Waals surface area contributed by atoms with Crippen LogP contribution in [0.5, 0.6) is 0 Å². The van der Waals surface area contributed by atoms with Crippen molar-refractivity contribution < 1.29 is 27.4 Å². The highest BCUT2D eigenvalue weighted by Gasteiger charge is 2.35. The van der Waals surface area contributed by atoms with Crippen LogP contribution in [0.25, 0.3) is 0 Å². The van der Waals surface area contributed by atoms with Gasteiger partial charge in [0, 0.05) is 44.0 Å². The van der Waals surface area contributed by atoms with E-state index in [4.69, 9.17) is 9.47 Å². The van der Waals surface area contributed by atoms with Crippen molar-refractivity contribution in [2.45, 2.75) is 25.6 Å². The third-order valence-corrected chi connectivity index (χ3v) is 5.48. The van der Waals surface area contributed by atoms with E-state index in [0.29, 0.717) is 51.7 Å². The number of nitrogens with one attached hydrogen (secondary N) is 2. The van der Waals surface area contributed by atoms with Gasteiger partial charge in [-0.3, -0.25) is 4.90 Å². The molecule has 1 aromatic carbocycles. The van der Waals surface area contributed by atoms with E-state index in [-0.39, 0.29) is 11.2 Å². The fourth-order valence-corrected chi connectivity index (χ4v) is 3.64. The quantitative estimate of drug-likeness (QED) is 0.752. The molecule has 2 aliphatic heterocycles. The number of carbonyl (C=O) groups excluding carboxylic acids is 1. The van der Waals surface area contributed by atoms with E-state index in [2.05, 4.69) is 15.5 Å². The zero-order valence-electron chi connectivity index (χ0n) is 17.3. The van der Waals surface area contributed by atoms with Gasteiger partial charge in [-0.05, 0) is 32.0 Å². The molecule has 0 spiro atoms. The largest absolute Gasteiger partial charge is 0.418 e. The van der Waals surface area contributed by atoms with Crippen LogP contribution in [0, 0.1) is 0 Å². The molecule has 7 nitrogen and oxygen atoms in total. The van der Waals surface area contributed by atoms with Gasteiger partial charge in [-0.2, -0.15) is 13.2 Å². The Labute approximate surface area is 174 Å². The van der Waals surface area contributed by atoms with Gasteiger partial charge in [0.2, 0.25) is 0 Å². The third kappa shape index (κ3) is 5.77. The third-order valence-electron chi connectivity index (χ3n) is 5.48. The first-order valence-electron chi connectivity index (χ1n) is 10.1. The van der Waals surface area contributed by atoms with Gasteiger partial charge in [-0.25, -0.2) is 4.79 Å². The molecular formula is C20H29F3N4O3. The van der Waals surface area contributed by atoms with Gasteiger partial charge in [0.05, 0.1) is 37.7 Å². The van der Waals surface area contributed by atoms with E-state index in [9.17, 15) is 18.0 Å². The molecule has 2 heterocycles. The Kier molecular flexibility index (Phi) is 7.10. The summed E-state index contributed by atoms with van der Waals surface area (Å²) in [5, 5.41) is 5.06. The zero-order chi connectivity index (χ0) is 21.8. The molecule has 2 N–H and O–H groups in total. The van der Waals surface area contributed by atoms with Gasteiger partial charge in [-0.15, -0.1) is 0 Å². The second kappa shape index (κ2) is 9.40. The van der Waals surface area contributed by atoms with E-state index in [1.165, 1.54) is 6.07 Å². The van der Waals surface area contributed by atoms with Gasteiger partial charge in [-0.1, -0.05) is 0 Å². The number of morpholine rings is 2. The van der Waals surface area contributed by atoms with Gasteiger partial charge in [0.1, 0.15) is 0 Å². The van der Waals surface area contributed by atoms with Crippen LogP contribution in [-0.4, -0.2) is 75.6 Å². The van der Waals surface area contributed by atoms with Crippen molar-refractivity contribution in [1.29, 1.82) is 0 Å². The maximum absolute atomic E-state index is 13.6. The smallest absolute Gasteiger partial charge is 0.379 e. The molecule has 1 aromatic rings. The Morgan fingerprint density at radius 2 is 1.63 bits per heavy atom. The molecule has 0 radical (unpaired) electrons. The minimum atomic E-state index is -4.59. The molecule has 2 aliphatic rings. The molecule has 10 heteroatoms. The summed E-state index contributed by atoms with van der Waals surface area (Å²) in [4.78, 5) is 16.4. The number of urea groups is 1. The summed E-state index contributed by atoms with van der Waals surface area (Å²) in [5.41, 5.74) is -1.01. The number of carbonyl (C=O) groups is 1. The molecule has 0 atom stereocenters. The average molecular weight is 430 g/mol. The van der Waals surface area contributed by atoms with Crippen LogP contribution in [-0.2, 0) is 15.7 Å². The minimum absolute atomic E-state index is 0.263. The Balaban J connectivity index is 1.66. The van der Waals surface area contributed by atoms with E-state index in [1.807, 2.05) is 18.7 Å². The van der Waals surface area contributed by atoms with Crippen molar-refractivity contribution in [3.63, 3.8) is 0 Å². The number of rotatable bonds is 5. The lowest BCUT2D eigenvalue weighted by atomic mass is 10.0. The average Bonchev–Trinajstić information content (AvgIpc) is 2.73. The fourth-order valence-electron chi connectivity index (χ4n) is 3.64. The first kappa shape index (κ1) is 22.6. The van der Waals surface area contributed by atoms with Crippen LogP contribution in [0.4, 0.5) is 29.3 Å². The van der Waals surface area contributed by atoms with Gasteiger partial charge < -0.3 is 25.0 Å². The number of hydrogen-bond acceptors (Lipinski definition) is 5. The second-order valence-electron chi connectivity index (χ2n) is 8.05. The highest BCUT2D eigenvalue weighted by atomic mass is 19.4. The molecule has 2 saturated heterocycles. The van der Waals surface area contributed by atoms with E-state index in [1.54, 1.807) is 6.07 Å². The maximum atomic E-state index is 13.6. The van der Waals surface area contributed by atoms with Crippen molar-refractivity contribution in [1.82, 2.24) is 10.2 Å². The molecule has 2 fully saturated rings. The molecule has 0 saturated carbocycles. The zero-order valence-corrected chi connectivity index (χ0v) is 17.3. The molecule has 2 amide bonds. The lowest BCUT2D eigenvalue weighted by Crippen LogP contribution is -2.55.